The van der Waals surface area contributed by atoms with Crippen molar-refractivity contribution in [1.29, 1.82) is 5.26 Å². The summed E-state index contributed by atoms with van der Waals surface area (Å²) in [6.07, 6.45) is 3.59. The average molecular weight is 252 g/mol. The van der Waals surface area contributed by atoms with Gasteiger partial charge in [0.25, 0.3) is 0 Å². The number of likely N-dealkylation sites (tertiary alicyclic amines) is 1. The molecule has 18 heavy (non-hydrogen) atoms. The molecule has 2 aliphatic rings. The van der Waals surface area contributed by atoms with Gasteiger partial charge in [0, 0.05) is 25.6 Å². The van der Waals surface area contributed by atoms with Crippen molar-refractivity contribution in [1.82, 2.24) is 4.90 Å². The second-order valence-corrected chi connectivity index (χ2v) is 5.92. The summed E-state index contributed by atoms with van der Waals surface area (Å²) >= 11 is 0. The molecule has 0 N–H and O–H groups in total. The third-order valence-corrected chi connectivity index (χ3v) is 4.10. The van der Waals surface area contributed by atoms with Crippen molar-refractivity contribution in [2.24, 2.45) is 5.92 Å². The van der Waals surface area contributed by atoms with E-state index in [9.17, 15) is 0 Å². The van der Waals surface area contributed by atoms with Crippen LogP contribution in [0.25, 0.3) is 0 Å². The van der Waals surface area contributed by atoms with Gasteiger partial charge in [0.05, 0.1) is 25.4 Å². The van der Waals surface area contributed by atoms with Gasteiger partial charge in [0.1, 0.15) is 5.54 Å². The van der Waals surface area contributed by atoms with E-state index >= 15 is 0 Å². The van der Waals surface area contributed by atoms with Crippen molar-refractivity contribution in [3.8, 4) is 6.07 Å². The molecule has 102 valence electrons. The Hall–Kier alpha value is -0.630. The molecule has 0 saturated carbocycles. The average Bonchev–Trinajstić information content (AvgIpc) is 2.90. The molecule has 2 saturated heterocycles. The van der Waals surface area contributed by atoms with E-state index in [0.29, 0.717) is 12.0 Å². The SMILES string of the molecule is CC(C)(C#N)N1CCC(OC[C@@H]2CCOC2)CC1. The van der Waals surface area contributed by atoms with Crippen LogP contribution in [0.15, 0.2) is 0 Å². The molecule has 4 nitrogen and oxygen atoms in total. The monoisotopic (exact) mass is 252 g/mol. The van der Waals surface area contributed by atoms with Crippen molar-refractivity contribution in [2.75, 3.05) is 32.9 Å². The Balaban J connectivity index is 1.68. The highest BCUT2D eigenvalue weighted by Gasteiger charge is 2.31. The van der Waals surface area contributed by atoms with Crippen LogP contribution >= 0.6 is 0 Å². The molecule has 0 unspecified atom stereocenters. The fraction of sp³-hybridized carbons (Fsp3) is 0.929. The van der Waals surface area contributed by atoms with Crippen LogP contribution in [0, 0.1) is 17.2 Å². The molecule has 0 bridgehead atoms. The van der Waals surface area contributed by atoms with E-state index in [-0.39, 0.29) is 5.54 Å². The quantitative estimate of drug-likeness (QED) is 0.765. The Bertz CT molecular complexity index is 297. The van der Waals surface area contributed by atoms with E-state index in [1.165, 1.54) is 0 Å². The highest BCUT2D eigenvalue weighted by molar-refractivity contribution is 5.02. The number of nitriles is 1. The molecule has 2 fully saturated rings. The topological polar surface area (TPSA) is 45.5 Å². The van der Waals surface area contributed by atoms with Crippen molar-refractivity contribution < 1.29 is 9.47 Å². The Morgan fingerprint density at radius 2 is 2.06 bits per heavy atom. The number of rotatable bonds is 4. The molecule has 2 rings (SSSR count). The number of piperidine rings is 1. The zero-order chi connectivity index (χ0) is 13.0. The fourth-order valence-corrected chi connectivity index (χ4v) is 2.64. The van der Waals surface area contributed by atoms with E-state index < -0.39 is 0 Å². The summed E-state index contributed by atoms with van der Waals surface area (Å²) in [5.74, 6) is 0.596. The third-order valence-electron chi connectivity index (χ3n) is 4.10. The predicted octanol–water partition coefficient (Wildman–Crippen LogP) is 1.81. The van der Waals surface area contributed by atoms with Gasteiger partial charge in [-0.2, -0.15) is 5.26 Å². The molecule has 0 aromatic heterocycles. The van der Waals surface area contributed by atoms with Gasteiger partial charge in [-0.05, 0) is 33.1 Å². The minimum absolute atomic E-state index is 0.343. The number of nitrogens with zero attached hydrogens (tertiary/aromatic N) is 2. The Labute approximate surface area is 110 Å². The molecule has 2 aliphatic heterocycles. The summed E-state index contributed by atoms with van der Waals surface area (Å²) in [7, 11) is 0. The lowest BCUT2D eigenvalue weighted by molar-refractivity contribution is -0.0217. The van der Waals surface area contributed by atoms with Gasteiger partial charge in [-0.1, -0.05) is 0 Å². The van der Waals surface area contributed by atoms with E-state index in [2.05, 4.69) is 11.0 Å². The predicted molar refractivity (Wildman–Crippen MR) is 69.2 cm³/mol. The van der Waals surface area contributed by atoms with E-state index in [4.69, 9.17) is 14.7 Å². The van der Waals surface area contributed by atoms with Crippen LogP contribution in [0.5, 0.6) is 0 Å². The summed E-state index contributed by atoms with van der Waals surface area (Å²) in [5.41, 5.74) is -0.343. The summed E-state index contributed by atoms with van der Waals surface area (Å²) in [4.78, 5) is 2.26. The van der Waals surface area contributed by atoms with E-state index in [0.717, 1.165) is 52.2 Å². The smallest absolute Gasteiger partial charge is 0.103 e. The summed E-state index contributed by atoms with van der Waals surface area (Å²) in [6.45, 7) is 8.50. The molecular weight excluding hydrogens is 228 g/mol. The van der Waals surface area contributed by atoms with Crippen LogP contribution in [0.4, 0.5) is 0 Å². The maximum absolute atomic E-state index is 9.12. The van der Waals surface area contributed by atoms with Crippen LogP contribution < -0.4 is 0 Å². The second-order valence-electron chi connectivity index (χ2n) is 5.92. The molecule has 4 heteroatoms. The Morgan fingerprint density at radius 3 is 2.61 bits per heavy atom. The van der Waals surface area contributed by atoms with Gasteiger partial charge in [-0.15, -0.1) is 0 Å². The van der Waals surface area contributed by atoms with Gasteiger partial charge < -0.3 is 9.47 Å². The molecule has 0 amide bonds. The largest absolute Gasteiger partial charge is 0.381 e. The molecule has 0 aliphatic carbocycles. The lowest BCUT2D eigenvalue weighted by Gasteiger charge is -2.38. The first-order chi connectivity index (χ1) is 8.62. The Morgan fingerprint density at radius 1 is 1.33 bits per heavy atom. The Kier molecular flexibility index (Phi) is 4.60. The van der Waals surface area contributed by atoms with Crippen LogP contribution in [-0.4, -0.2) is 49.5 Å². The maximum Gasteiger partial charge on any atom is 0.103 e. The maximum atomic E-state index is 9.12. The summed E-state index contributed by atoms with van der Waals surface area (Å²) in [5, 5.41) is 9.12. The normalized spacial score (nSPS) is 27.3. The highest BCUT2D eigenvalue weighted by atomic mass is 16.5. The van der Waals surface area contributed by atoms with Gasteiger partial charge in [-0.25, -0.2) is 0 Å². The zero-order valence-electron chi connectivity index (χ0n) is 11.5. The fourth-order valence-electron chi connectivity index (χ4n) is 2.64. The molecule has 1 atom stereocenters. The molecule has 0 radical (unpaired) electrons. The first kappa shape index (κ1) is 13.8. The molecular formula is C14H24N2O2. The second kappa shape index (κ2) is 6.01. The standard InChI is InChI=1S/C14H24N2O2/c1-14(2,11-15)16-6-3-13(4-7-16)18-10-12-5-8-17-9-12/h12-13H,3-10H2,1-2H3/t12-/m1/s1. The lowest BCUT2D eigenvalue weighted by Crippen LogP contribution is -2.48. The van der Waals surface area contributed by atoms with Crippen LogP contribution in [-0.2, 0) is 9.47 Å². The van der Waals surface area contributed by atoms with Crippen molar-refractivity contribution in [3.63, 3.8) is 0 Å². The first-order valence-corrected chi connectivity index (χ1v) is 6.97. The number of ether oxygens (including phenoxy) is 2. The summed E-state index contributed by atoms with van der Waals surface area (Å²) < 4.78 is 11.3. The molecule has 2 heterocycles. The summed E-state index contributed by atoms with van der Waals surface area (Å²) in [6, 6.07) is 2.37. The minimum atomic E-state index is -0.343. The zero-order valence-corrected chi connectivity index (χ0v) is 11.5. The number of hydrogen-bond donors (Lipinski definition) is 0. The van der Waals surface area contributed by atoms with Crippen molar-refractivity contribution in [3.05, 3.63) is 0 Å². The van der Waals surface area contributed by atoms with Crippen molar-refractivity contribution in [2.45, 2.75) is 44.8 Å². The minimum Gasteiger partial charge on any atom is -0.381 e. The lowest BCUT2D eigenvalue weighted by atomic mass is 9.99. The first-order valence-electron chi connectivity index (χ1n) is 6.97. The van der Waals surface area contributed by atoms with E-state index in [1.54, 1.807) is 0 Å². The number of hydrogen-bond acceptors (Lipinski definition) is 4. The van der Waals surface area contributed by atoms with Gasteiger partial charge in [0.15, 0.2) is 0 Å². The highest BCUT2D eigenvalue weighted by Crippen LogP contribution is 2.23. The molecule has 0 spiro atoms. The third kappa shape index (κ3) is 3.44. The van der Waals surface area contributed by atoms with Gasteiger partial charge in [0.2, 0.25) is 0 Å². The molecule has 0 aromatic carbocycles. The molecule has 0 aromatic rings. The van der Waals surface area contributed by atoms with Crippen LogP contribution in [0.3, 0.4) is 0 Å². The van der Waals surface area contributed by atoms with Crippen LogP contribution in [0.2, 0.25) is 0 Å². The van der Waals surface area contributed by atoms with Gasteiger partial charge in [-0.3, -0.25) is 4.90 Å². The van der Waals surface area contributed by atoms with Gasteiger partial charge >= 0.3 is 0 Å². The van der Waals surface area contributed by atoms with Crippen molar-refractivity contribution >= 4 is 0 Å². The van der Waals surface area contributed by atoms with Crippen LogP contribution in [0.1, 0.15) is 33.1 Å². The van der Waals surface area contributed by atoms with E-state index in [1.807, 2.05) is 13.8 Å².